The van der Waals surface area contributed by atoms with E-state index in [2.05, 4.69) is 211 Å². The maximum absolute atomic E-state index is 5.21. The van der Waals surface area contributed by atoms with Gasteiger partial charge in [0.1, 0.15) is 0 Å². The van der Waals surface area contributed by atoms with Gasteiger partial charge in [0.2, 0.25) is 5.95 Å². The van der Waals surface area contributed by atoms with Gasteiger partial charge in [-0.15, -0.1) is 0 Å². The molecule has 11 rings (SSSR count). The van der Waals surface area contributed by atoms with Gasteiger partial charge >= 0.3 is 0 Å². The smallest absolute Gasteiger partial charge is 0.235 e. The number of benzene rings is 8. The van der Waals surface area contributed by atoms with Crippen LogP contribution < -0.4 is 0 Å². The van der Waals surface area contributed by atoms with E-state index < -0.39 is 0 Å². The molecular formula is C58H40N4. The SMILES string of the molecule is C=C(/C=C\C=C\c1cc2c3ccccc3n(-c3ccccc3)c2c2ccccc12)C(=C)c1ccccc1-c1cn(-c2nc(-c3ccccc3)c3ccccc3n2)c2ccccc12. The second kappa shape index (κ2) is 15.4. The lowest BCUT2D eigenvalue weighted by molar-refractivity contribution is 0.985. The highest BCUT2D eigenvalue weighted by Gasteiger charge is 2.19. The molecule has 0 atom stereocenters. The Hall–Kier alpha value is -8.34. The predicted molar refractivity (Wildman–Crippen MR) is 262 cm³/mol. The molecule has 4 heteroatoms. The van der Waals surface area contributed by atoms with Crippen molar-refractivity contribution in [2.45, 2.75) is 0 Å². The van der Waals surface area contributed by atoms with Crippen LogP contribution in [0.2, 0.25) is 0 Å². The molecule has 0 fully saturated rings. The van der Waals surface area contributed by atoms with Crippen molar-refractivity contribution in [3.05, 3.63) is 242 Å². The molecule has 0 amide bonds. The normalized spacial score (nSPS) is 11.9. The van der Waals surface area contributed by atoms with Gasteiger partial charge in [-0.05, 0) is 69.6 Å². The topological polar surface area (TPSA) is 35.6 Å². The summed E-state index contributed by atoms with van der Waals surface area (Å²) in [6.07, 6.45) is 10.6. The van der Waals surface area contributed by atoms with Crippen molar-refractivity contribution in [1.82, 2.24) is 19.1 Å². The van der Waals surface area contributed by atoms with Crippen LogP contribution in [0.15, 0.2) is 231 Å². The summed E-state index contributed by atoms with van der Waals surface area (Å²) in [6, 6.07) is 65.8. The van der Waals surface area contributed by atoms with E-state index in [1.165, 1.54) is 32.6 Å². The van der Waals surface area contributed by atoms with Gasteiger partial charge in [0.05, 0.1) is 27.8 Å². The van der Waals surface area contributed by atoms with Gasteiger partial charge in [0.15, 0.2) is 0 Å². The molecule has 0 spiro atoms. The fourth-order valence-corrected chi connectivity index (χ4v) is 8.97. The van der Waals surface area contributed by atoms with Crippen LogP contribution in [0.1, 0.15) is 11.1 Å². The minimum Gasteiger partial charge on any atom is -0.309 e. The zero-order valence-electron chi connectivity index (χ0n) is 34.0. The second-order valence-electron chi connectivity index (χ2n) is 15.5. The lowest BCUT2D eigenvalue weighted by atomic mass is 9.91. The van der Waals surface area contributed by atoms with E-state index in [9.17, 15) is 0 Å². The van der Waals surface area contributed by atoms with E-state index in [0.717, 1.165) is 72.2 Å². The third-order valence-electron chi connectivity index (χ3n) is 11.9. The lowest BCUT2D eigenvalue weighted by Crippen LogP contribution is -2.02. The molecule has 0 unspecified atom stereocenters. The van der Waals surface area contributed by atoms with E-state index >= 15 is 0 Å². The molecule has 4 nitrogen and oxygen atoms in total. The van der Waals surface area contributed by atoms with Gasteiger partial charge in [-0.25, -0.2) is 9.97 Å². The highest BCUT2D eigenvalue weighted by molar-refractivity contribution is 6.20. The van der Waals surface area contributed by atoms with Crippen molar-refractivity contribution in [2.24, 2.45) is 0 Å². The zero-order chi connectivity index (χ0) is 41.6. The number of rotatable bonds is 9. The molecule has 0 radical (unpaired) electrons. The van der Waals surface area contributed by atoms with Crippen LogP contribution >= 0.6 is 0 Å². The van der Waals surface area contributed by atoms with Crippen LogP contribution in [0.5, 0.6) is 0 Å². The molecule has 62 heavy (non-hydrogen) atoms. The van der Waals surface area contributed by atoms with Crippen LogP contribution in [0, 0.1) is 0 Å². The Morgan fingerprint density at radius 2 is 1.13 bits per heavy atom. The first kappa shape index (κ1) is 36.7. The van der Waals surface area contributed by atoms with Crippen molar-refractivity contribution in [2.75, 3.05) is 0 Å². The predicted octanol–water partition coefficient (Wildman–Crippen LogP) is 15.0. The summed E-state index contributed by atoms with van der Waals surface area (Å²) in [4.78, 5) is 10.3. The maximum Gasteiger partial charge on any atom is 0.235 e. The highest BCUT2D eigenvalue weighted by Crippen LogP contribution is 2.40. The Kier molecular flexibility index (Phi) is 9.10. The third-order valence-corrected chi connectivity index (χ3v) is 11.9. The van der Waals surface area contributed by atoms with Crippen LogP contribution in [-0.4, -0.2) is 19.1 Å². The van der Waals surface area contributed by atoms with Crippen molar-refractivity contribution in [3.63, 3.8) is 0 Å². The summed E-state index contributed by atoms with van der Waals surface area (Å²) in [5, 5.41) is 7.00. The van der Waals surface area contributed by atoms with Crippen LogP contribution in [0.4, 0.5) is 0 Å². The Balaban J connectivity index is 0.937. The largest absolute Gasteiger partial charge is 0.309 e. The lowest BCUT2D eigenvalue weighted by Gasteiger charge is -2.12. The van der Waals surface area contributed by atoms with E-state index in [0.29, 0.717) is 5.95 Å². The quantitative estimate of drug-likeness (QED) is 0.137. The fourth-order valence-electron chi connectivity index (χ4n) is 8.97. The number of para-hydroxylation sites is 4. The molecule has 8 aromatic carbocycles. The second-order valence-corrected chi connectivity index (χ2v) is 15.5. The Morgan fingerprint density at radius 3 is 1.94 bits per heavy atom. The van der Waals surface area contributed by atoms with E-state index in [4.69, 9.17) is 9.97 Å². The first-order valence-corrected chi connectivity index (χ1v) is 20.9. The highest BCUT2D eigenvalue weighted by atomic mass is 15.1. The number of hydrogen-bond donors (Lipinski definition) is 0. The van der Waals surface area contributed by atoms with E-state index in [-0.39, 0.29) is 0 Å². The molecule has 11 aromatic rings. The Morgan fingerprint density at radius 1 is 0.500 bits per heavy atom. The monoisotopic (exact) mass is 792 g/mol. The summed E-state index contributed by atoms with van der Waals surface area (Å²) in [5.41, 5.74) is 13.4. The van der Waals surface area contributed by atoms with E-state index in [1.54, 1.807) is 0 Å². The first-order valence-electron chi connectivity index (χ1n) is 20.9. The number of allylic oxidation sites excluding steroid dienone is 5. The number of nitrogens with zero attached hydrogens (tertiary/aromatic N) is 4. The zero-order valence-corrected chi connectivity index (χ0v) is 34.0. The Labute approximate surface area is 360 Å². The summed E-state index contributed by atoms with van der Waals surface area (Å²) in [7, 11) is 0. The Bertz CT molecular complexity index is 3600. The fraction of sp³-hybridized carbons (Fsp3) is 0. The first-order chi connectivity index (χ1) is 30.6. The summed E-state index contributed by atoms with van der Waals surface area (Å²) >= 11 is 0. The number of hydrogen-bond acceptors (Lipinski definition) is 2. The minimum atomic E-state index is 0.620. The molecule has 0 aliphatic carbocycles. The van der Waals surface area contributed by atoms with Gasteiger partial charge in [-0.1, -0.05) is 189 Å². The van der Waals surface area contributed by atoms with E-state index in [1.807, 2.05) is 30.3 Å². The third kappa shape index (κ3) is 6.25. The molecule has 0 N–H and O–H groups in total. The maximum atomic E-state index is 5.21. The molecule has 0 saturated heterocycles. The van der Waals surface area contributed by atoms with Crippen LogP contribution in [0.3, 0.4) is 0 Å². The van der Waals surface area contributed by atoms with Gasteiger partial charge < -0.3 is 4.57 Å². The molecule has 0 saturated carbocycles. The van der Waals surface area contributed by atoms with Crippen LogP contribution in [-0.2, 0) is 0 Å². The van der Waals surface area contributed by atoms with Crippen molar-refractivity contribution < 1.29 is 0 Å². The summed E-state index contributed by atoms with van der Waals surface area (Å²) < 4.78 is 4.51. The molecule has 0 aliphatic rings. The summed E-state index contributed by atoms with van der Waals surface area (Å²) in [6.45, 7) is 9.10. The van der Waals surface area contributed by atoms with Gasteiger partial charge in [0, 0.05) is 49.9 Å². The molecule has 0 aliphatic heterocycles. The average Bonchev–Trinajstić information content (AvgIpc) is 3.89. The molecule has 0 bridgehead atoms. The van der Waals surface area contributed by atoms with Gasteiger partial charge in [-0.2, -0.15) is 0 Å². The number of aromatic nitrogens is 4. The van der Waals surface area contributed by atoms with Crippen molar-refractivity contribution >= 4 is 66.0 Å². The average molecular weight is 793 g/mol. The molecule has 3 heterocycles. The van der Waals surface area contributed by atoms with Gasteiger partial charge in [-0.3, -0.25) is 4.57 Å². The molecule has 3 aromatic heterocycles. The molecule has 292 valence electrons. The van der Waals surface area contributed by atoms with Crippen LogP contribution in [0.25, 0.3) is 100 Å². The summed E-state index contributed by atoms with van der Waals surface area (Å²) in [5.74, 6) is 0.620. The number of fused-ring (bicyclic) bond motifs is 7. The van der Waals surface area contributed by atoms with Crippen molar-refractivity contribution in [3.8, 4) is 34.0 Å². The van der Waals surface area contributed by atoms with Gasteiger partial charge in [0.25, 0.3) is 0 Å². The molecular weight excluding hydrogens is 753 g/mol. The van der Waals surface area contributed by atoms with Crippen molar-refractivity contribution in [1.29, 1.82) is 0 Å². The minimum absolute atomic E-state index is 0.620. The standard InChI is InChI=1S/C58H40N4/c1-39(21-9-10-24-42-37-51-47-30-17-20-36-55(47)62(43-25-7-4-8-26-43)57(51)49-32-14-12-28-45(42)49)40(2)44-27-11-13-29-46(44)52-38-61(54-35-19-16-31-48(52)54)58-59-53-34-18-15-33-50(53)56(60-58)41-22-5-3-6-23-41/h3-38H,1-2H2/b21-9-,24-10+.